The third-order valence-corrected chi connectivity index (χ3v) is 4.95. The van der Waals surface area contributed by atoms with Crippen molar-refractivity contribution in [2.75, 3.05) is 4.90 Å². The highest BCUT2D eigenvalue weighted by molar-refractivity contribution is 5.64. The Morgan fingerprint density at radius 1 is 1.00 bits per heavy atom. The molecule has 1 aliphatic rings. The molecule has 0 aliphatic carbocycles. The minimum atomic E-state index is -5.65. The average Bonchev–Trinajstić information content (AvgIpc) is 2.96. The number of nitro groups is 1. The summed E-state index contributed by atoms with van der Waals surface area (Å²) in [4.78, 5) is 10.2. The van der Waals surface area contributed by atoms with Crippen LogP contribution in [0.2, 0.25) is 0 Å². The van der Waals surface area contributed by atoms with E-state index >= 15 is 0 Å². The van der Waals surface area contributed by atoms with E-state index in [4.69, 9.17) is 0 Å². The normalized spacial score (nSPS) is 16.0. The molecule has 2 aromatic carbocycles. The standard InChI is InChI=1S/C18H14F6N2O3/c19-17(20,21)16(18(22,23)24)8-13-7-12(10-27)3-6-15(13)25(16)9-11-1-4-14(5-2-11)26(28)29/h1-7,27H,8-10H2. The first-order valence-electron chi connectivity index (χ1n) is 8.28. The van der Waals surface area contributed by atoms with E-state index < -0.39 is 42.4 Å². The van der Waals surface area contributed by atoms with Crippen LogP contribution in [0.1, 0.15) is 16.7 Å². The average molecular weight is 420 g/mol. The number of fused-ring (bicyclic) bond motifs is 1. The molecule has 0 radical (unpaired) electrons. The molecule has 5 nitrogen and oxygen atoms in total. The second-order valence-corrected chi connectivity index (χ2v) is 6.66. The largest absolute Gasteiger partial charge is 0.420 e. The molecule has 0 spiro atoms. The van der Waals surface area contributed by atoms with Crippen LogP contribution in [-0.2, 0) is 19.6 Å². The number of hydrogen-bond acceptors (Lipinski definition) is 4. The van der Waals surface area contributed by atoms with Crippen LogP contribution < -0.4 is 4.90 Å². The van der Waals surface area contributed by atoms with Crippen molar-refractivity contribution in [1.82, 2.24) is 0 Å². The van der Waals surface area contributed by atoms with Gasteiger partial charge in [-0.25, -0.2) is 0 Å². The minimum Gasteiger partial charge on any atom is -0.392 e. The number of non-ortho nitro benzene ring substituents is 1. The second kappa shape index (κ2) is 6.90. The molecule has 0 amide bonds. The number of anilines is 1. The Morgan fingerprint density at radius 3 is 2.03 bits per heavy atom. The molecule has 0 bridgehead atoms. The third-order valence-electron chi connectivity index (χ3n) is 4.95. The Hall–Kier alpha value is -2.82. The highest BCUT2D eigenvalue weighted by Gasteiger charge is 2.75. The zero-order valence-corrected chi connectivity index (χ0v) is 14.6. The number of aliphatic hydroxyl groups excluding tert-OH is 1. The van der Waals surface area contributed by atoms with Gasteiger partial charge in [0.25, 0.3) is 5.69 Å². The smallest absolute Gasteiger partial charge is 0.392 e. The maximum Gasteiger partial charge on any atom is 0.420 e. The van der Waals surface area contributed by atoms with Crippen molar-refractivity contribution >= 4 is 11.4 Å². The molecule has 11 heteroatoms. The molecule has 0 saturated carbocycles. The van der Waals surface area contributed by atoms with Gasteiger partial charge in [0.2, 0.25) is 5.54 Å². The Bertz CT molecular complexity index is 911. The first-order chi connectivity index (χ1) is 13.4. The number of nitrogens with zero attached hydrogens (tertiary/aromatic N) is 2. The van der Waals surface area contributed by atoms with Crippen LogP contribution in [0.5, 0.6) is 0 Å². The van der Waals surface area contributed by atoms with Gasteiger partial charge in [-0.2, -0.15) is 26.3 Å². The van der Waals surface area contributed by atoms with E-state index in [1.54, 1.807) is 0 Å². The Balaban J connectivity index is 2.13. The Morgan fingerprint density at radius 2 is 1.55 bits per heavy atom. The van der Waals surface area contributed by atoms with Gasteiger partial charge in [-0.05, 0) is 22.8 Å². The SMILES string of the molecule is O=[N+]([O-])c1ccc(CN2c3ccc(CO)cc3CC2(C(F)(F)F)C(F)(F)F)cc1. The topological polar surface area (TPSA) is 66.6 Å². The summed E-state index contributed by atoms with van der Waals surface area (Å²) in [5.74, 6) is 0. The van der Waals surface area contributed by atoms with Crippen LogP contribution >= 0.6 is 0 Å². The molecular formula is C18H14F6N2O3. The monoisotopic (exact) mass is 420 g/mol. The van der Waals surface area contributed by atoms with Crippen molar-refractivity contribution < 1.29 is 36.4 Å². The quantitative estimate of drug-likeness (QED) is 0.449. The van der Waals surface area contributed by atoms with E-state index in [0.29, 0.717) is 0 Å². The first kappa shape index (κ1) is 20.9. The van der Waals surface area contributed by atoms with Gasteiger partial charge < -0.3 is 10.0 Å². The lowest BCUT2D eigenvalue weighted by Gasteiger charge is -2.42. The maximum atomic E-state index is 13.9. The van der Waals surface area contributed by atoms with Gasteiger partial charge in [-0.15, -0.1) is 0 Å². The van der Waals surface area contributed by atoms with Crippen molar-refractivity contribution in [2.24, 2.45) is 0 Å². The van der Waals surface area contributed by atoms with Gasteiger partial charge in [-0.3, -0.25) is 10.1 Å². The number of hydrogen-bond donors (Lipinski definition) is 1. The molecule has 0 unspecified atom stereocenters. The van der Waals surface area contributed by atoms with Crippen molar-refractivity contribution in [2.45, 2.75) is 37.5 Å². The number of rotatable bonds is 4. The van der Waals surface area contributed by atoms with Crippen molar-refractivity contribution in [3.8, 4) is 0 Å². The number of nitro benzene ring substituents is 1. The van der Waals surface area contributed by atoms with Crippen molar-refractivity contribution in [3.05, 3.63) is 69.3 Å². The van der Waals surface area contributed by atoms with Gasteiger partial charge in [0.1, 0.15) is 0 Å². The molecule has 1 aliphatic heterocycles. The summed E-state index contributed by atoms with van der Waals surface area (Å²) in [7, 11) is 0. The predicted molar refractivity (Wildman–Crippen MR) is 90.2 cm³/mol. The molecule has 1 N–H and O–H groups in total. The molecule has 29 heavy (non-hydrogen) atoms. The zero-order valence-electron chi connectivity index (χ0n) is 14.6. The van der Waals surface area contributed by atoms with Crippen LogP contribution in [0, 0.1) is 10.1 Å². The second-order valence-electron chi connectivity index (χ2n) is 6.66. The van der Waals surface area contributed by atoms with Crippen LogP contribution in [0.3, 0.4) is 0 Å². The van der Waals surface area contributed by atoms with Gasteiger partial charge in [0.05, 0.1) is 11.5 Å². The summed E-state index contributed by atoms with van der Waals surface area (Å²) < 4.78 is 83.3. The van der Waals surface area contributed by atoms with Crippen LogP contribution in [-0.4, -0.2) is 27.9 Å². The lowest BCUT2D eigenvalue weighted by molar-refractivity contribution is -0.384. The number of alkyl halides is 6. The van der Waals surface area contributed by atoms with Crippen LogP contribution in [0.25, 0.3) is 0 Å². The summed E-state index contributed by atoms with van der Waals surface area (Å²) in [5.41, 5.74) is -4.69. The molecule has 0 fully saturated rings. The van der Waals surface area contributed by atoms with E-state index in [-0.39, 0.29) is 33.0 Å². The fourth-order valence-corrected chi connectivity index (χ4v) is 3.51. The van der Waals surface area contributed by atoms with E-state index in [1.165, 1.54) is 6.07 Å². The fourth-order valence-electron chi connectivity index (χ4n) is 3.51. The molecule has 3 rings (SSSR count). The zero-order chi connectivity index (χ0) is 21.6. The third kappa shape index (κ3) is 3.39. The van der Waals surface area contributed by atoms with Gasteiger partial charge in [-0.1, -0.05) is 24.3 Å². The van der Waals surface area contributed by atoms with E-state index in [0.717, 1.165) is 36.4 Å². The summed E-state index contributed by atoms with van der Waals surface area (Å²) >= 11 is 0. The molecule has 0 aromatic heterocycles. The molecular weight excluding hydrogens is 406 g/mol. The van der Waals surface area contributed by atoms with Crippen LogP contribution in [0.4, 0.5) is 37.7 Å². The maximum absolute atomic E-state index is 13.9. The molecule has 1 heterocycles. The first-order valence-corrected chi connectivity index (χ1v) is 8.28. The highest BCUT2D eigenvalue weighted by Crippen LogP contribution is 2.56. The lowest BCUT2D eigenvalue weighted by Crippen LogP contribution is -2.66. The van der Waals surface area contributed by atoms with E-state index in [2.05, 4.69) is 0 Å². The van der Waals surface area contributed by atoms with Gasteiger partial charge >= 0.3 is 12.4 Å². The van der Waals surface area contributed by atoms with Crippen molar-refractivity contribution in [1.29, 1.82) is 0 Å². The summed E-state index contributed by atoms with van der Waals surface area (Å²) in [6, 6.07) is 7.77. The highest BCUT2D eigenvalue weighted by atomic mass is 19.4. The van der Waals surface area contributed by atoms with Gasteiger partial charge in [0.15, 0.2) is 0 Å². The number of halogens is 6. The molecule has 156 valence electrons. The van der Waals surface area contributed by atoms with Crippen molar-refractivity contribution in [3.63, 3.8) is 0 Å². The fraction of sp³-hybridized carbons (Fsp3) is 0.333. The van der Waals surface area contributed by atoms with E-state index in [1.807, 2.05) is 0 Å². The molecule has 0 atom stereocenters. The summed E-state index contributed by atoms with van der Waals surface area (Å²) in [5, 5.41) is 19.9. The van der Waals surface area contributed by atoms with E-state index in [9.17, 15) is 41.6 Å². The van der Waals surface area contributed by atoms with Crippen LogP contribution in [0.15, 0.2) is 42.5 Å². The predicted octanol–water partition coefficient (Wildman–Crippen LogP) is 4.51. The Labute approximate surface area is 160 Å². The van der Waals surface area contributed by atoms with Gasteiger partial charge in [0, 0.05) is 30.8 Å². The number of aliphatic hydroxyl groups is 1. The summed E-state index contributed by atoms with van der Waals surface area (Å²) in [6.07, 6.45) is -12.6. The molecule has 0 saturated heterocycles. The minimum absolute atomic E-state index is 0.0487. The summed E-state index contributed by atoms with van der Waals surface area (Å²) in [6.45, 7) is -1.29. The Kier molecular flexibility index (Phi) is 4.98. The number of benzene rings is 2. The molecule has 2 aromatic rings. The lowest BCUT2D eigenvalue weighted by atomic mass is 9.91.